The summed E-state index contributed by atoms with van der Waals surface area (Å²) in [6.45, 7) is 0. The van der Waals surface area contributed by atoms with E-state index in [9.17, 15) is 13.9 Å². The van der Waals surface area contributed by atoms with Gasteiger partial charge in [0.2, 0.25) is 6.43 Å². The van der Waals surface area contributed by atoms with Crippen LogP contribution in [-0.4, -0.2) is 17.6 Å². The highest BCUT2D eigenvalue weighted by Gasteiger charge is 2.22. The van der Waals surface area contributed by atoms with Gasteiger partial charge in [-0.15, -0.1) is 0 Å². The summed E-state index contributed by atoms with van der Waals surface area (Å²) in [7, 11) is 0. The van der Waals surface area contributed by atoms with Gasteiger partial charge < -0.3 is 5.11 Å². The molecule has 0 amide bonds. The van der Waals surface area contributed by atoms with Crippen molar-refractivity contribution >= 4 is 0 Å². The van der Waals surface area contributed by atoms with E-state index in [0.29, 0.717) is 6.42 Å². The lowest BCUT2D eigenvalue weighted by molar-refractivity contribution is 0.0588. The van der Waals surface area contributed by atoms with Crippen molar-refractivity contribution in [2.45, 2.75) is 57.5 Å². The van der Waals surface area contributed by atoms with Gasteiger partial charge in [-0.05, 0) is 31.6 Å². The Kier molecular flexibility index (Phi) is 4.64. The highest BCUT2D eigenvalue weighted by molar-refractivity contribution is 4.74. The van der Waals surface area contributed by atoms with Gasteiger partial charge in [0.1, 0.15) is 0 Å². The third kappa shape index (κ3) is 4.03. The van der Waals surface area contributed by atoms with E-state index in [1.54, 1.807) is 0 Å². The maximum Gasteiger partial charge on any atom is 0.238 e. The fourth-order valence-electron chi connectivity index (χ4n) is 2.06. The smallest absolute Gasteiger partial charge is 0.238 e. The molecule has 0 aromatic rings. The molecule has 1 fully saturated rings. The Hall–Kier alpha value is -0.180. The zero-order chi connectivity index (χ0) is 9.68. The van der Waals surface area contributed by atoms with E-state index < -0.39 is 6.43 Å². The summed E-state index contributed by atoms with van der Waals surface area (Å²) in [6.07, 6.45) is 3.02. The number of alkyl halides is 2. The second kappa shape index (κ2) is 5.53. The van der Waals surface area contributed by atoms with Crippen molar-refractivity contribution in [3.05, 3.63) is 0 Å². The van der Waals surface area contributed by atoms with Crippen LogP contribution >= 0.6 is 0 Å². The molecule has 0 aromatic heterocycles. The fourth-order valence-corrected chi connectivity index (χ4v) is 2.06. The van der Waals surface area contributed by atoms with E-state index in [-0.39, 0.29) is 18.4 Å². The van der Waals surface area contributed by atoms with Crippen molar-refractivity contribution in [2.75, 3.05) is 0 Å². The van der Waals surface area contributed by atoms with Crippen molar-refractivity contribution in [1.29, 1.82) is 0 Å². The molecular formula is C10H18F2O. The Morgan fingerprint density at radius 3 is 2.54 bits per heavy atom. The Balaban J connectivity index is 2.11. The molecule has 1 rings (SSSR count). The molecule has 0 aromatic carbocycles. The largest absolute Gasteiger partial charge is 0.393 e. The van der Waals surface area contributed by atoms with Crippen LogP contribution in [0, 0.1) is 5.92 Å². The van der Waals surface area contributed by atoms with Crippen LogP contribution in [0.5, 0.6) is 0 Å². The summed E-state index contributed by atoms with van der Waals surface area (Å²) in [5.41, 5.74) is 0. The van der Waals surface area contributed by atoms with Gasteiger partial charge in [-0.25, -0.2) is 8.78 Å². The quantitative estimate of drug-likeness (QED) is 0.726. The van der Waals surface area contributed by atoms with Crippen LogP contribution in [0.2, 0.25) is 0 Å². The van der Waals surface area contributed by atoms with Gasteiger partial charge in [0.05, 0.1) is 6.10 Å². The summed E-state index contributed by atoms with van der Waals surface area (Å²) in [5, 5.41) is 9.55. The molecule has 0 unspecified atom stereocenters. The second-order valence-corrected chi connectivity index (χ2v) is 3.93. The van der Waals surface area contributed by atoms with Gasteiger partial charge in [-0.3, -0.25) is 0 Å². The molecule has 2 atom stereocenters. The van der Waals surface area contributed by atoms with E-state index in [4.69, 9.17) is 0 Å². The molecule has 13 heavy (non-hydrogen) atoms. The first-order chi connectivity index (χ1) is 6.20. The van der Waals surface area contributed by atoms with Crippen molar-refractivity contribution in [3.63, 3.8) is 0 Å². The fraction of sp³-hybridized carbons (Fsp3) is 1.00. The molecule has 0 radical (unpaired) electrons. The normalized spacial score (nSPS) is 29.5. The lowest BCUT2D eigenvalue weighted by Crippen LogP contribution is -2.24. The topological polar surface area (TPSA) is 20.2 Å². The van der Waals surface area contributed by atoms with Crippen LogP contribution in [0.25, 0.3) is 0 Å². The van der Waals surface area contributed by atoms with Crippen molar-refractivity contribution < 1.29 is 13.9 Å². The number of halogens is 2. The number of aliphatic hydroxyl groups is 1. The number of hydrogen-bond acceptors (Lipinski definition) is 1. The van der Waals surface area contributed by atoms with E-state index in [1.165, 1.54) is 0 Å². The van der Waals surface area contributed by atoms with Crippen LogP contribution in [0.1, 0.15) is 44.9 Å². The number of aliphatic hydroxyl groups excluding tert-OH is 1. The Labute approximate surface area is 78.1 Å². The van der Waals surface area contributed by atoms with Gasteiger partial charge in [0.15, 0.2) is 0 Å². The lowest BCUT2D eigenvalue weighted by Gasteiger charge is -2.27. The minimum atomic E-state index is -2.18. The summed E-state index contributed by atoms with van der Waals surface area (Å²) in [6, 6.07) is 0. The minimum absolute atomic E-state index is 0.0107. The first-order valence-corrected chi connectivity index (χ1v) is 5.16. The molecule has 0 saturated heterocycles. The van der Waals surface area contributed by atoms with Crippen LogP contribution < -0.4 is 0 Å². The Morgan fingerprint density at radius 1 is 1.23 bits per heavy atom. The molecule has 0 spiro atoms. The SMILES string of the molecule is O[C@@H]1CCCC[C@H]1CCCC(F)F. The van der Waals surface area contributed by atoms with Crippen molar-refractivity contribution in [3.8, 4) is 0 Å². The van der Waals surface area contributed by atoms with Crippen molar-refractivity contribution in [1.82, 2.24) is 0 Å². The maximum atomic E-state index is 11.8. The molecular weight excluding hydrogens is 174 g/mol. The second-order valence-electron chi connectivity index (χ2n) is 3.93. The van der Waals surface area contributed by atoms with Crippen LogP contribution in [0.3, 0.4) is 0 Å². The predicted octanol–water partition coefficient (Wildman–Crippen LogP) is 2.97. The zero-order valence-electron chi connectivity index (χ0n) is 7.88. The Morgan fingerprint density at radius 2 is 1.92 bits per heavy atom. The molecule has 0 bridgehead atoms. The molecule has 0 heterocycles. The van der Waals surface area contributed by atoms with Gasteiger partial charge in [0.25, 0.3) is 0 Å². The molecule has 1 aliphatic rings. The third-order valence-electron chi connectivity index (χ3n) is 2.87. The number of hydrogen-bond donors (Lipinski definition) is 1. The van der Waals surface area contributed by atoms with Gasteiger partial charge in [-0.1, -0.05) is 12.8 Å². The molecule has 1 nitrogen and oxygen atoms in total. The number of rotatable bonds is 4. The maximum absolute atomic E-state index is 11.8. The molecule has 1 saturated carbocycles. The van der Waals surface area contributed by atoms with E-state index in [2.05, 4.69) is 0 Å². The first kappa shape index (κ1) is 10.9. The molecule has 78 valence electrons. The summed E-state index contributed by atoms with van der Waals surface area (Å²) < 4.78 is 23.6. The first-order valence-electron chi connectivity index (χ1n) is 5.16. The molecule has 0 aliphatic heterocycles. The minimum Gasteiger partial charge on any atom is -0.393 e. The molecule has 1 N–H and O–H groups in total. The average Bonchev–Trinajstić information content (AvgIpc) is 2.08. The van der Waals surface area contributed by atoms with Crippen molar-refractivity contribution in [2.24, 2.45) is 5.92 Å². The van der Waals surface area contributed by atoms with Crippen LogP contribution in [0.4, 0.5) is 8.78 Å². The highest BCUT2D eigenvalue weighted by Crippen LogP contribution is 2.28. The van der Waals surface area contributed by atoms with E-state index >= 15 is 0 Å². The van der Waals surface area contributed by atoms with Gasteiger partial charge >= 0.3 is 0 Å². The lowest BCUT2D eigenvalue weighted by atomic mass is 9.83. The van der Waals surface area contributed by atoms with Crippen LogP contribution in [-0.2, 0) is 0 Å². The third-order valence-corrected chi connectivity index (χ3v) is 2.87. The molecule has 3 heteroatoms. The van der Waals surface area contributed by atoms with E-state index in [1.807, 2.05) is 0 Å². The predicted molar refractivity (Wildman–Crippen MR) is 47.8 cm³/mol. The average molecular weight is 192 g/mol. The van der Waals surface area contributed by atoms with E-state index in [0.717, 1.165) is 32.1 Å². The monoisotopic (exact) mass is 192 g/mol. The standard InChI is InChI=1S/C10H18F2O/c11-10(12)7-3-5-8-4-1-2-6-9(8)13/h8-10,13H,1-7H2/t8-,9+/m0/s1. The van der Waals surface area contributed by atoms with Crippen LogP contribution in [0.15, 0.2) is 0 Å². The summed E-state index contributed by atoms with van der Waals surface area (Å²) >= 11 is 0. The molecule has 1 aliphatic carbocycles. The van der Waals surface area contributed by atoms with Gasteiger partial charge in [0, 0.05) is 6.42 Å². The summed E-state index contributed by atoms with van der Waals surface area (Å²) in [4.78, 5) is 0. The Bertz CT molecular complexity index is 139. The highest BCUT2D eigenvalue weighted by atomic mass is 19.3. The summed E-state index contributed by atoms with van der Waals surface area (Å²) in [5.74, 6) is 0.285. The zero-order valence-corrected chi connectivity index (χ0v) is 7.88. The van der Waals surface area contributed by atoms with Gasteiger partial charge in [-0.2, -0.15) is 0 Å².